The maximum atomic E-state index is 13.2. The first kappa shape index (κ1) is 63.9. The van der Waals surface area contributed by atoms with Crippen molar-refractivity contribution in [1.29, 1.82) is 0 Å². The fourth-order valence-electron chi connectivity index (χ4n) is 9.39. The van der Waals surface area contributed by atoms with Crippen LogP contribution in [0, 0.1) is 0 Å². The number of carbonyl (C=O) groups is 1. The molecule has 0 aromatic rings. The standard InChI is InChI=1S/C56H109NO10/c1-3-5-7-9-11-13-15-17-19-21-23-24-25-26-28-30-32-34-36-38-40-42-44-49(60)55(65)57-47(46-66-56-54(64)53(63)52(62)50(45-58)67-56)51(61)48(59)43-41-39-37-35-33-31-29-27-22-20-18-16-14-12-10-8-6-4-2/h35,37,47-54,56,58-64H,3-34,36,38-46H2,1-2H3,(H,57,65)/b37-35+. The topological polar surface area (TPSA) is 189 Å². The smallest absolute Gasteiger partial charge is 0.249 e. The monoisotopic (exact) mass is 956 g/mol. The van der Waals surface area contributed by atoms with Gasteiger partial charge in [0.05, 0.1) is 25.4 Å². The summed E-state index contributed by atoms with van der Waals surface area (Å²) in [7, 11) is 0. The Morgan fingerprint density at radius 3 is 1.28 bits per heavy atom. The van der Waals surface area contributed by atoms with Gasteiger partial charge in [0.1, 0.15) is 36.6 Å². The number of allylic oxidation sites excluding steroid dienone is 2. The van der Waals surface area contributed by atoms with Gasteiger partial charge in [-0.15, -0.1) is 0 Å². The zero-order valence-electron chi connectivity index (χ0n) is 43.4. The van der Waals surface area contributed by atoms with Crippen molar-refractivity contribution in [2.45, 2.75) is 326 Å². The summed E-state index contributed by atoms with van der Waals surface area (Å²) < 4.78 is 11.1. The summed E-state index contributed by atoms with van der Waals surface area (Å²) in [4.78, 5) is 13.2. The van der Waals surface area contributed by atoms with Crippen molar-refractivity contribution < 1.29 is 50.0 Å². The molecule has 9 atom stereocenters. The Morgan fingerprint density at radius 1 is 0.507 bits per heavy atom. The van der Waals surface area contributed by atoms with Gasteiger partial charge in [-0.05, 0) is 38.5 Å². The summed E-state index contributed by atoms with van der Waals surface area (Å²) in [5, 5.41) is 76.1. The summed E-state index contributed by atoms with van der Waals surface area (Å²) >= 11 is 0. The molecule has 0 aromatic carbocycles. The fourth-order valence-corrected chi connectivity index (χ4v) is 9.39. The van der Waals surface area contributed by atoms with Crippen LogP contribution in [-0.4, -0.2) is 110 Å². The first-order chi connectivity index (χ1) is 32.7. The third-order valence-corrected chi connectivity index (χ3v) is 14.1. The van der Waals surface area contributed by atoms with E-state index in [1.807, 2.05) is 0 Å². The molecule has 0 aliphatic carbocycles. The Labute approximate surface area is 411 Å². The van der Waals surface area contributed by atoms with Crippen LogP contribution in [-0.2, 0) is 14.3 Å². The molecule has 1 aliphatic rings. The van der Waals surface area contributed by atoms with Crippen molar-refractivity contribution in [3.05, 3.63) is 12.2 Å². The fraction of sp³-hybridized carbons (Fsp3) is 0.946. The Morgan fingerprint density at radius 2 is 0.881 bits per heavy atom. The number of carbonyl (C=O) groups excluding carboxylic acids is 1. The molecule has 1 aliphatic heterocycles. The number of aliphatic hydroxyl groups excluding tert-OH is 7. The highest BCUT2D eigenvalue weighted by molar-refractivity contribution is 5.80. The predicted octanol–water partition coefficient (Wildman–Crippen LogP) is 11.6. The van der Waals surface area contributed by atoms with E-state index >= 15 is 0 Å². The van der Waals surface area contributed by atoms with Gasteiger partial charge in [0, 0.05) is 0 Å². The van der Waals surface area contributed by atoms with Gasteiger partial charge in [-0.25, -0.2) is 0 Å². The van der Waals surface area contributed by atoms with Crippen molar-refractivity contribution in [2.75, 3.05) is 13.2 Å². The van der Waals surface area contributed by atoms with Crippen LogP contribution < -0.4 is 5.32 Å². The van der Waals surface area contributed by atoms with Crippen LogP contribution in [0.15, 0.2) is 12.2 Å². The number of unbranched alkanes of at least 4 members (excludes halogenated alkanes) is 35. The molecule has 1 fully saturated rings. The van der Waals surface area contributed by atoms with Crippen molar-refractivity contribution in [3.8, 4) is 0 Å². The minimum Gasteiger partial charge on any atom is -0.394 e. The molecule has 0 aromatic heterocycles. The molecule has 398 valence electrons. The van der Waals surface area contributed by atoms with Gasteiger partial charge >= 0.3 is 0 Å². The van der Waals surface area contributed by atoms with E-state index in [1.165, 1.54) is 193 Å². The Kier molecular flexibility index (Phi) is 43.8. The number of nitrogens with one attached hydrogen (secondary N) is 1. The molecule has 8 N–H and O–H groups in total. The number of hydrogen-bond acceptors (Lipinski definition) is 10. The molecular weight excluding hydrogens is 847 g/mol. The lowest BCUT2D eigenvalue weighted by Crippen LogP contribution is -2.60. The summed E-state index contributed by atoms with van der Waals surface area (Å²) in [5.41, 5.74) is 0. The molecule has 9 unspecified atom stereocenters. The molecule has 11 heteroatoms. The van der Waals surface area contributed by atoms with Gasteiger partial charge in [0.15, 0.2) is 6.29 Å². The SMILES string of the molecule is CCCCCCCCCCCCCCC/C=C/CCCC(O)C(O)C(COC1OC(CO)C(O)C(O)C1O)NC(=O)C(O)CCCCCCCCCCCCCCCCCCCCCCCC. The van der Waals surface area contributed by atoms with Gasteiger partial charge in [0.25, 0.3) is 0 Å². The first-order valence-corrected chi connectivity index (χ1v) is 28.6. The van der Waals surface area contributed by atoms with E-state index in [0.717, 1.165) is 38.5 Å². The largest absolute Gasteiger partial charge is 0.394 e. The Hall–Kier alpha value is -1.15. The maximum Gasteiger partial charge on any atom is 0.249 e. The van der Waals surface area contributed by atoms with Crippen LogP contribution in [0.1, 0.15) is 271 Å². The van der Waals surface area contributed by atoms with Gasteiger partial charge in [-0.3, -0.25) is 4.79 Å². The summed E-state index contributed by atoms with van der Waals surface area (Å²) in [6.07, 6.45) is 41.2. The minimum atomic E-state index is -1.66. The molecule has 67 heavy (non-hydrogen) atoms. The quantitative estimate of drug-likeness (QED) is 0.0215. The third kappa shape index (κ3) is 34.8. The molecule has 0 saturated carbocycles. The molecule has 1 heterocycles. The molecule has 0 radical (unpaired) electrons. The van der Waals surface area contributed by atoms with E-state index in [9.17, 15) is 40.5 Å². The zero-order valence-corrected chi connectivity index (χ0v) is 43.4. The maximum absolute atomic E-state index is 13.2. The van der Waals surface area contributed by atoms with E-state index in [2.05, 4.69) is 31.3 Å². The first-order valence-electron chi connectivity index (χ1n) is 28.6. The van der Waals surface area contributed by atoms with Crippen molar-refractivity contribution in [1.82, 2.24) is 5.32 Å². The Bertz CT molecular complexity index is 1100. The highest BCUT2D eigenvalue weighted by atomic mass is 16.7. The van der Waals surface area contributed by atoms with Crippen LogP contribution in [0.3, 0.4) is 0 Å². The minimum absolute atomic E-state index is 0.259. The van der Waals surface area contributed by atoms with Gasteiger partial charge in [-0.2, -0.15) is 0 Å². The molecule has 11 nitrogen and oxygen atoms in total. The third-order valence-electron chi connectivity index (χ3n) is 14.1. The molecular formula is C56H109NO10. The van der Waals surface area contributed by atoms with E-state index in [4.69, 9.17) is 9.47 Å². The van der Waals surface area contributed by atoms with Crippen LogP contribution >= 0.6 is 0 Å². The van der Waals surface area contributed by atoms with Crippen LogP contribution in [0.25, 0.3) is 0 Å². The van der Waals surface area contributed by atoms with Crippen LogP contribution in [0.5, 0.6) is 0 Å². The summed E-state index contributed by atoms with van der Waals surface area (Å²) in [5.74, 6) is -0.701. The highest BCUT2D eigenvalue weighted by Crippen LogP contribution is 2.23. The number of amides is 1. The number of aliphatic hydroxyl groups is 7. The van der Waals surface area contributed by atoms with E-state index in [-0.39, 0.29) is 12.8 Å². The second kappa shape index (κ2) is 46.0. The number of hydrogen-bond donors (Lipinski definition) is 8. The molecule has 1 rings (SSSR count). The van der Waals surface area contributed by atoms with Gasteiger partial charge in [-0.1, -0.05) is 244 Å². The van der Waals surface area contributed by atoms with E-state index < -0.39 is 74.2 Å². The van der Waals surface area contributed by atoms with Crippen LogP contribution in [0.4, 0.5) is 0 Å². The van der Waals surface area contributed by atoms with Crippen molar-refractivity contribution in [2.24, 2.45) is 0 Å². The second-order valence-corrected chi connectivity index (χ2v) is 20.4. The Balaban J connectivity index is 2.33. The summed E-state index contributed by atoms with van der Waals surface area (Å²) in [6.45, 7) is 3.47. The van der Waals surface area contributed by atoms with Gasteiger partial charge in [0.2, 0.25) is 5.91 Å². The van der Waals surface area contributed by atoms with E-state index in [1.54, 1.807) is 0 Å². The molecule has 0 spiro atoms. The molecule has 0 bridgehead atoms. The number of ether oxygens (including phenoxy) is 2. The van der Waals surface area contributed by atoms with Crippen LogP contribution in [0.2, 0.25) is 0 Å². The highest BCUT2D eigenvalue weighted by Gasteiger charge is 2.44. The predicted molar refractivity (Wildman–Crippen MR) is 275 cm³/mol. The summed E-state index contributed by atoms with van der Waals surface area (Å²) in [6, 6.07) is -1.18. The second-order valence-electron chi connectivity index (χ2n) is 20.4. The van der Waals surface area contributed by atoms with Crippen molar-refractivity contribution >= 4 is 5.91 Å². The average Bonchev–Trinajstić information content (AvgIpc) is 3.33. The molecule has 1 amide bonds. The molecule has 1 saturated heterocycles. The van der Waals surface area contributed by atoms with Crippen molar-refractivity contribution in [3.63, 3.8) is 0 Å². The number of rotatable bonds is 49. The zero-order chi connectivity index (χ0) is 49.0. The lowest BCUT2D eigenvalue weighted by atomic mass is 9.98. The van der Waals surface area contributed by atoms with Gasteiger partial charge < -0.3 is 50.5 Å². The average molecular weight is 956 g/mol. The lowest BCUT2D eigenvalue weighted by Gasteiger charge is -2.40. The van der Waals surface area contributed by atoms with E-state index in [0.29, 0.717) is 12.8 Å². The lowest BCUT2D eigenvalue weighted by molar-refractivity contribution is -0.303. The normalized spacial score (nSPS) is 20.6.